The van der Waals surface area contributed by atoms with E-state index in [4.69, 9.17) is 16.3 Å². The number of carbonyl (C=O) groups is 1. The standard InChI is InChI=1S/C20H25ClN2O2S/c1-20(2,25-16-9-7-15(21)8-10-16)19(24)22-14-17(18-6-5-13-26-18)23-11-3-4-12-23/h5-10,13,17H,3-4,11-12,14H2,1-2H3,(H,22,24)/t17-/m0/s1. The summed E-state index contributed by atoms with van der Waals surface area (Å²) in [5.41, 5.74) is -0.959. The van der Waals surface area contributed by atoms with Gasteiger partial charge in [-0.25, -0.2) is 0 Å². The topological polar surface area (TPSA) is 41.6 Å². The smallest absolute Gasteiger partial charge is 0.263 e. The number of hydrogen-bond acceptors (Lipinski definition) is 4. The zero-order chi connectivity index (χ0) is 18.6. The molecular weight excluding hydrogens is 368 g/mol. The molecule has 0 unspecified atom stereocenters. The highest BCUT2D eigenvalue weighted by atomic mass is 35.5. The van der Waals surface area contributed by atoms with Crippen molar-refractivity contribution in [1.82, 2.24) is 10.2 Å². The van der Waals surface area contributed by atoms with E-state index < -0.39 is 5.60 Å². The van der Waals surface area contributed by atoms with Crippen LogP contribution < -0.4 is 10.1 Å². The van der Waals surface area contributed by atoms with E-state index in [0.717, 1.165) is 13.1 Å². The van der Waals surface area contributed by atoms with Crippen LogP contribution in [0.2, 0.25) is 5.02 Å². The third kappa shape index (κ3) is 4.78. The Morgan fingerprint density at radius 1 is 1.27 bits per heavy atom. The molecule has 3 rings (SSSR count). The van der Waals surface area contributed by atoms with E-state index in [1.165, 1.54) is 17.7 Å². The molecule has 4 nitrogen and oxygen atoms in total. The van der Waals surface area contributed by atoms with Crippen molar-refractivity contribution in [2.45, 2.75) is 38.3 Å². The van der Waals surface area contributed by atoms with Gasteiger partial charge in [-0.05, 0) is 75.5 Å². The Hall–Kier alpha value is -1.56. The molecule has 6 heteroatoms. The number of nitrogens with zero attached hydrogens (tertiary/aromatic N) is 1. The molecule has 1 N–H and O–H groups in total. The fourth-order valence-corrected chi connectivity index (χ4v) is 4.18. The predicted octanol–water partition coefficient (Wildman–Crippen LogP) is 4.51. The van der Waals surface area contributed by atoms with Crippen molar-refractivity contribution < 1.29 is 9.53 Å². The van der Waals surface area contributed by atoms with Gasteiger partial charge < -0.3 is 10.1 Å². The van der Waals surface area contributed by atoms with Crippen molar-refractivity contribution in [2.24, 2.45) is 0 Å². The van der Waals surface area contributed by atoms with Crippen LogP contribution in [0.4, 0.5) is 0 Å². The van der Waals surface area contributed by atoms with E-state index in [2.05, 4.69) is 27.7 Å². The minimum Gasteiger partial charge on any atom is -0.478 e. The number of benzene rings is 1. The molecule has 1 aliphatic rings. The van der Waals surface area contributed by atoms with Gasteiger partial charge in [0.25, 0.3) is 5.91 Å². The molecule has 1 aliphatic heterocycles. The number of rotatable bonds is 7. The van der Waals surface area contributed by atoms with Crippen LogP contribution in [0.5, 0.6) is 5.75 Å². The van der Waals surface area contributed by atoms with Crippen LogP contribution in [0.3, 0.4) is 0 Å². The molecule has 1 amide bonds. The summed E-state index contributed by atoms with van der Waals surface area (Å²) < 4.78 is 5.89. The zero-order valence-electron chi connectivity index (χ0n) is 15.2. The van der Waals surface area contributed by atoms with Gasteiger partial charge in [0, 0.05) is 16.4 Å². The Bertz CT molecular complexity index is 710. The maximum absolute atomic E-state index is 12.7. The van der Waals surface area contributed by atoms with E-state index in [1.807, 2.05) is 0 Å². The van der Waals surface area contributed by atoms with Crippen LogP contribution in [-0.2, 0) is 4.79 Å². The molecule has 1 saturated heterocycles. The van der Waals surface area contributed by atoms with Gasteiger partial charge in [-0.3, -0.25) is 9.69 Å². The summed E-state index contributed by atoms with van der Waals surface area (Å²) >= 11 is 7.65. The molecule has 2 aromatic rings. The van der Waals surface area contributed by atoms with Crippen LogP contribution in [0.25, 0.3) is 0 Å². The van der Waals surface area contributed by atoms with Crippen LogP contribution in [-0.4, -0.2) is 36.0 Å². The maximum Gasteiger partial charge on any atom is 0.263 e. The van der Waals surface area contributed by atoms with Crippen molar-refractivity contribution in [2.75, 3.05) is 19.6 Å². The van der Waals surface area contributed by atoms with Gasteiger partial charge in [0.05, 0.1) is 6.04 Å². The molecule has 0 saturated carbocycles. The van der Waals surface area contributed by atoms with Crippen molar-refractivity contribution in [3.05, 3.63) is 51.7 Å². The second kappa shape index (κ2) is 8.42. The van der Waals surface area contributed by atoms with Crippen LogP contribution >= 0.6 is 22.9 Å². The summed E-state index contributed by atoms with van der Waals surface area (Å²) in [6.07, 6.45) is 2.45. The van der Waals surface area contributed by atoms with Gasteiger partial charge in [0.1, 0.15) is 5.75 Å². The highest BCUT2D eigenvalue weighted by Crippen LogP contribution is 2.28. The Morgan fingerprint density at radius 3 is 2.58 bits per heavy atom. The Kier molecular flexibility index (Phi) is 6.22. The second-order valence-electron chi connectivity index (χ2n) is 7.05. The van der Waals surface area contributed by atoms with Gasteiger partial charge in [0.15, 0.2) is 5.60 Å². The Morgan fingerprint density at radius 2 is 1.96 bits per heavy atom. The van der Waals surface area contributed by atoms with E-state index in [9.17, 15) is 4.79 Å². The fourth-order valence-electron chi connectivity index (χ4n) is 3.19. The van der Waals surface area contributed by atoms with Gasteiger partial charge in [-0.1, -0.05) is 17.7 Å². The Labute approximate surface area is 164 Å². The summed E-state index contributed by atoms with van der Waals surface area (Å²) in [7, 11) is 0. The molecule has 0 radical (unpaired) electrons. The Balaban J connectivity index is 1.62. The number of hydrogen-bond donors (Lipinski definition) is 1. The van der Waals surface area contributed by atoms with Crippen molar-refractivity contribution in [1.29, 1.82) is 0 Å². The van der Waals surface area contributed by atoms with E-state index in [1.54, 1.807) is 49.4 Å². The van der Waals surface area contributed by atoms with Crippen molar-refractivity contribution in [3.63, 3.8) is 0 Å². The number of thiophene rings is 1. The SMILES string of the molecule is CC(C)(Oc1ccc(Cl)cc1)C(=O)NC[C@@H](c1cccs1)N1CCCC1. The molecule has 1 fully saturated rings. The first kappa shape index (κ1) is 19.2. The lowest BCUT2D eigenvalue weighted by molar-refractivity contribution is -0.134. The van der Waals surface area contributed by atoms with Crippen molar-refractivity contribution >= 4 is 28.8 Å². The monoisotopic (exact) mass is 392 g/mol. The summed E-state index contributed by atoms with van der Waals surface area (Å²) in [6.45, 7) is 6.33. The van der Waals surface area contributed by atoms with Crippen LogP contribution in [0.15, 0.2) is 41.8 Å². The third-order valence-corrected chi connectivity index (χ3v) is 5.87. The minimum atomic E-state index is -0.959. The first-order chi connectivity index (χ1) is 12.5. The van der Waals surface area contributed by atoms with Crippen LogP contribution in [0, 0.1) is 0 Å². The lowest BCUT2D eigenvalue weighted by Gasteiger charge is -2.30. The summed E-state index contributed by atoms with van der Waals surface area (Å²) in [6, 6.07) is 11.5. The van der Waals surface area contributed by atoms with Gasteiger partial charge in [0.2, 0.25) is 0 Å². The summed E-state index contributed by atoms with van der Waals surface area (Å²) in [5, 5.41) is 5.83. The van der Waals surface area contributed by atoms with Gasteiger partial charge in [-0.2, -0.15) is 0 Å². The molecule has 140 valence electrons. The highest BCUT2D eigenvalue weighted by molar-refractivity contribution is 7.10. The molecule has 0 aliphatic carbocycles. The van der Waals surface area contributed by atoms with Crippen LogP contribution in [0.1, 0.15) is 37.6 Å². The first-order valence-electron chi connectivity index (χ1n) is 8.96. The average Bonchev–Trinajstić information content (AvgIpc) is 3.31. The van der Waals surface area contributed by atoms with E-state index >= 15 is 0 Å². The number of carbonyl (C=O) groups excluding carboxylic acids is 1. The molecule has 26 heavy (non-hydrogen) atoms. The molecule has 2 heterocycles. The molecule has 0 spiro atoms. The van der Waals surface area contributed by atoms with Gasteiger partial charge in [-0.15, -0.1) is 11.3 Å². The predicted molar refractivity (Wildman–Crippen MR) is 107 cm³/mol. The molecule has 1 atom stereocenters. The summed E-state index contributed by atoms with van der Waals surface area (Å²) in [5.74, 6) is 0.511. The fraction of sp³-hybridized carbons (Fsp3) is 0.450. The number of halogens is 1. The van der Waals surface area contributed by atoms with E-state index in [0.29, 0.717) is 17.3 Å². The third-order valence-electron chi connectivity index (χ3n) is 4.64. The minimum absolute atomic E-state index is 0.117. The number of ether oxygens (including phenoxy) is 1. The zero-order valence-corrected chi connectivity index (χ0v) is 16.8. The lowest BCUT2D eigenvalue weighted by atomic mass is 10.1. The van der Waals surface area contributed by atoms with Gasteiger partial charge >= 0.3 is 0 Å². The average molecular weight is 393 g/mol. The summed E-state index contributed by atoms with van der Waals surface area (Å²) in [4.78, 5) is 16.5. The molecule has 1 aromatic carbocycles. The number of nitrogens with one attached hydrogen (secondary N) is 1. The largest absolute Gasteiger partial charge is 0.478 e. The number of amides is 1. The number of likely N-dealkylation sites (tertiary alicyclic amines) is 1. The first-order valence-corrected chi connectivity index (χ1v) is 10.2. The second-order valence-corrected chi connectivity index (χ2v) is 8.47. The molecule has 1 aromatic heterocycles. The quantitative estimate of drug-likeness (QED) is 0.753. The lowest BCUT2D eigenvalue weighted by Crippen LogP contribution is -2.48. The maximum atomic E-state index is 12.7. The molecule has 0 bridgehead atoms. The normalized spacial score (nSPS) is 16.4. The molecular formula is C20H25ClN2O2S. The highest BCUT2D eigenvalue weighted by Gasteiger charge is 2.32. The van der Waals surface area contributed by atoms with E-state index in [-0.39, 0.29) is 11.9 Å². The van der Waals surface area contributed by atoms with Crippen molar-refractivity contribution in [3.8, 4) is 5.75 Å².